The number of carbonyl (C=O) groups is 2. The number of aryl methyl sites for hydroxylation is 1. The van der Waals surface area contributed by atoms with Gasteiger partial charge >= 0.3 is 0 Å². The van der Waals surface area contributed by atoms with E-state index >= 15 is 0 Å². The molecule has 0 aliphatic carbocycles. The summed E-state index contributed by atoms with van der Waals surface area (Å²) in [6.45, 7) is -0.0166. The molecule has 10 nitrogen and oxygen atoms in total. The van der Waals surface area contributed by atoms with Crippen LogP contribution in [0.3, 0.4) is 0 Å². The molecule has 1 unspecified atom stereocenters. The first-order chi connectivity index (χ1) is 13.3. The fourth-order valence-electron chi connectivity index (χ4n) is 3.06. The number of hydrogen-bond acceptors (Lipinski definition) is 6. The third kappa shape index (κ3) is 4.50. The van der Waals surface area contributed by atoms with Crippen LogP contribution in [0.25, 0.3) is 0 Å². The van der Waals surface area contributed by atoms with Gasteiger partial charge in [-0.25, -0.2) is 13.5 Å². The summed E-state index contributed by atoms with van der Waals surface area (Å²) in [5, 5.41) is 14.1. The molecule has 0 saturated carbocycles. The Labute approximate surface area is 159 Å². The van der Waals surface area contributed by atoms with E-state index in [9.17, 15) is 18.4 Å². The van der Waals surface area contributed by atoms with Crippen LogP contribution in [0.2, 0.25) is 0 Å². The van der Waals surface area contributed by atoms with E-state index in [1.54, 1.807) is 7.05 Å². The summed E-state index contributed by atoms with van der Waals surface area (Å²) in [6.07, 6.45) is 3.70. The second-order valence-corrected chi connectivity index (χ2v) is 6.62. The zero-order valence-corrected chi connectivity index (χ0v) is 15.5. The van der Waals surface area contributed by atoms with Crippen LogP contribution in [0.5, 0.6) is 0 Å². The maximum Gasteiger partial charge on any atom is 0.273 e. The Balaban J connectivity index is 1.69. The molecule has 2 aromatic heterocycles. The minimum atomic E-state index is -3.00. The molecule has 2 aromatic rings. The Kier molecular flexibility index (Phi) is 5.68. The van der Waals surface area contributed by atoms with Gasteiger partial charge in [-0.1, -0.05) is 5.21 Å². The van der Waals surface area contributed by atoms with Crippen molar-refractivity contribution >= 4 is 11.8 Å². The number of amides is 2. The average molecular weight is 397 g/mol. The van der Waals surface area contributed by atoms with E-state index in [-0.39, 0.29) is 17.8 Å². The Bertz CT molecular complexity index is 851. The molecule has 1 fully saturated rings. The van der Waals surface area contributed by atoms with Gasteiger partial charge in [0.25, 0.3) is 17.7 Å². The molecule has 0 spiro atoms. The highest BCUT2D eigenvalue weighted by molar-refractivity contribution is 5.94. The second kappa shape index (κ2) is 8.00. The minimum Gasteiger partial charge on any atom is -0.383 e. The molecule has 0 radical (unpaired) electrons. The molecule has 28 heavy (non-hydrogen) atoms. The number of hydrogen-bond donors (Lipinski definition) is 1. The second-order valence-electron chi connectivity index (χ2n) is 6.62. The number of nitrogens with one attached hydrogen (secondary N) is 1. The maximum absolute atomic E-state index is 14.0. The minimum absolute atomic E-state index is 0.0000563. The van der Waals surface area contributed by atoms with Gasteiger partial charge in [-0.3, -0.25) is 14.3 Å². The van der Waals surface area contributed by atoms with Gasteiger partial charge in [0.2, 0.25) is 0 Å². The van der Waals surface area contributed by atoms with Crippen molar-refractivity contribution in [3.63, 3.8) is 0 Å². The summed E-state index contributed by atoms with van der Waals surface area (Å²) in [7, 11) is 3.15. The van der Waals surface area contributed by atoms with Gasteiger partial charge < -0.3 is 15.0 Å². The van der Waals surface area contributed by atoms with Gasteiger partial charge in [0, 0.05) is 33.3 Å². The number of carbonyl (C=O) groups excluding carboxylic acids is 2. The van der Waals surface area contributed by atoms with Crippen molar-refractivity contribution in [1.29, 1.82) is 0 Å². The highest BCUT2D eigenvalue weighted by atomic mass is 19.3. The lowest BCUT2D eigenvalue weighted by Gasteiger charge is -2.23. The first-order valence-electron chi connectivity index (χ1n) is 8.64. The summed E-state index contributed by atoms with van der Waals surface area (Å²) in [6, 6.07) is -0.784. The monoisotopic (exact) mass is 397 g/mol. The Morgan fingerprint density at radius 3 is 2.86 bits per heavy atom. The molecule has 1 atom stereocenters. The average Bonchev–Trinajstić information content (AvgIpc) is 3.34. The van der Waals surface area contributed by atoms with Crippen LogP contribution in [0.15, 0.2) is 18.6 Å². The highest BCUT2D eigenvalue weighted by Gasteiger charge is 2.47. The molecular weight excluding hydrogens is 376 g/mol. The zero-order chi connectivity index (χ0) is 20.3. The number of aromatic nitrogens is 5. The largest absolute Gasteiger partial charge is 0.383 e. The van der Waals surface area contributed by atoms with Crippen molar-refractivity contribution in [3.8, 4) is 0 Å². The van der Waals surface area contributed by atoms with Gasteiger partial charge in [-0.05, 0) is 0 Å². The van der Waals surface area contributed by atoms with E-state index in [2.05, 4.69) is 20.7 Å². The van der Waals surface area contributed by atoms with Gasteiger partial charge in [0.05, 0.1) is 43.7 Å². The summed E-state index contributed by atoms with van der Waals surface area (Å²) in [4.78, 5) is 25.7. The van der Waals surface area contributed by atoms with Crippen LogP contribution in [0.4, 0.5) is 8.78 Å². The van der Waals surface area contributed by atoms with E-state index in [1.165, 1.54) is 35.1 Å². The Morgan fingerprint density at radius 1 is 1.39 bits per heavy atom. The van der Waals surface area contributed by atoms with Gasteiger partial charge in [0.1, 0.15) is 0 Å². The lowest BCUT2D eigenvalue weighted by molar-refractivity contribution is 0.0117. The molecule has 2 amide bonds. The topological polar surface area (TPSA) is 107 Å². The van der Waals surface area contributed by atoms with Crippen molar-refractivity contribution in [1.82, 2.24) is 35.0 Å². The Hall–Kier alpha value is -2.89. The van der Waals surface area contributed by atoms with E-state index in [1.807, 2.05) is 0 Å². The smallest absolute Gasteiger partial charge is 0.273 e. The first kappa shape index (κ1) is 19.9. The molecular formula is C16H21F2N7O3. The third-order valence-corrected chi connectivity index (χ3v) is 4.35. The number of ether oxygens (including phenoxy) is 1. The van der Waals surface area contributed by atoms with E-state index in [0.29, 0.717) is 13.2 Å². The lowest BCUT2D eigenvalue weighted by Crippen LogP contribution is -2.38. The van der Waals surface area contributed by atoms with Crippen molar-refractivity contribution in [3.05, 3.63) is 29.8 Å². The molecule has 0 aromatic carbocycles. The molecule has 12 heteroatoms. The van der Waals surface area contributed by atoms with E-state index in [4.69, 9.17) is 4.74 Å². The number of likely N-dealkylation sites (tertiary alicyclic amines) is 1. The summed E-state index contributed by atoms with van der Waals surface area (Å²) in [5.74, 6) is -3.96. The molecule has 152 valence electrons. The van der Waals surface area contributed by atoms with E-state index in [0.717, 1.165) is 4.90 Å². The van der Waals surface area contributed by atoms with Crippen molar-refractivity contribution in [2.75, 3.05) is 26.8 Å². The molecule has 3 rings (SSSR count). The number of nitrogens with zero attached hydrogens (tertiary/aromatic N) is 6. The lowest BCUT2D eigenvalue weighted by atomic mass is 10.2. The van der Waals surface area contributed by atoms with Crippen LogP contribution >= 0.6 is 0 Å². The number of halogens is 2. The van der Waals surface area contributed by atoms with Crippen LogP contribution in [0, 0.1) is 0 Å². The van der Waals surface area contributed by atoms with Gasteiger partial charge in [0.15, 0.2) is 5.69 Å². The van der Waals surface area contributed by atoms with Crippen molar-refractivity contribution in [2.24, 2.45) is 7.05 Å². The number of alkyl halides is 2. The van der Waals surface area contributed by atoms with E-state index < -0.39 is 36.7 Å². The quantitative estimate of drug-likeness (QED) is 0.656. The number of methoxy groups -OCH3 is 1. The number of rotatable bonds is 7. The normalized spacial score (nSPS) is 18.4. The van der Waals surface area contributed by atoms with Gasteiger partial charge in [-0.2, -0.15) is 5.10 Å². The molecule has 0 bridgehead atoms. The SMILES string of the molecule is COCCNC(=O)c1cn(CC2CC(F)(F)CN2C(=O)c2cnn(C)c2)nn1. The van der Waals surface area contributed by atoms with Crippen LogP contribution in [-0.4, -0.2) is 80.3 Å². The van der Waals surface area contributed by atoms with Crippen molar-refractivity contribution in [2.45, 2.75) is 24.9 Å². The molecule has 1 aliphatic heterocycles. The highest BCUT2D eigenvalue weighted by Crippen LogP contribution is 2.33. The first-order valence-corrected chi connectivity index (χ1v) is 8.64. The molecule has 3 heterocycles. The van der Waals surface area contributed by atoms with Crippen LogP contribution < -0.4 is 5.32 Å². The molecule has 1 saturated heterocycles. The fourth-order valence-corrected chi connectivity index (χ4v) is 3.06. The predicted octanol–water partition coefficient (Wildman–Crippen LogP) is -0.0622. The summed E-state index contributed by atoms with van der Waals surface area (Å²) >= 11 is 0. The summed E-state index contributed by atoms with van der Waals surface area (Å²) in [5.41, 5.74) is 0.299. The van der Waals surface area contributed by atoms with Crippen LogP contribution in [0.1, 0.15) is 27.3 Å². The standard InChI is InChI=1S/C16H21F2N7O3/c1-23-7-11(6-20-23)15(27)25-10-16(17,18)5-12(25)8-24-9-13(21-22-24)14(26)19-3-4-28-2/h6-7,9,12H,3-5,8,10H2,1-2H3,(H,19,26). The Morgan fingerprint density at radius 2 is 2.18 bits per heavy atom. The predicted molar refractivity (Wildman–Crippen MR) is 91.8 cm³/mol. The molecule has 1 N–H and O–H groups in total. The molecule has 1 aliphatic rings. The van der Waals surface area contributed by atoms with Crippen LogP contribution in [-0.2, 0) is 18.3 Å². The fraction of sp³-hybridized carbons (Fsp3) is 0.562. The van der Waals surface area contributed by atoms with Gasteiger partial charge in [-0.15, -0.1) is 5.10 Å². The zero-order valence-electron chi connectivity index (χ0n) is 15.5. The maximum atomic E-state index is 14.0. The third-order valence-electron chi connectivity index (χ3n) is 4.35. The van der Waals surface area contributed by atoms with Crippen molar-refractivity contribution < 1.29 is 23.1 Å². The summed E-state index contributed by atoms with van der Waals surface area (Å²) < 4.78 is 35.6.